The molecule has 0 bridgehead atoms. The van der Waals surface area contributed by atoms with Crippen molar-refractivity contribution in [3.05, 3.63) is 34.1 Å². The van der Waals surface area contributed by atoms with Crippen molar-refractivity contribution in [2.45, 2.75) is 25.1 Å². The molecule has 1 saturated heterocycles. The normalized spacial score (nSPS) is 28.2. The summed E-state index contributed by atoms with van der Waals surface area (Å²) in [6.07, 6.45) is -3.50. The maximum atomic E-state index is 14.1. The summed E-state index contributed by atoms with van der Waals surface area (Å²) in [5, 5.41) is 18.1. The summed E-state index contributed by atoms with van der Waals surface area (Å²) < 4.78 is 32.6. The summed E-state index contributed by atoms with van der Waals surface area (Å²) in [6, 6.07) is 0. The fourth-order valence-electron chi connectivity index (χ4n) is 1.97. The number of alkyl halides is 1. The number of rotatable bonds is 3. The van der Waals surface area contributed by atoms with Gasteiger partial charge in [-0.05, 0) is 0 Å². The van der Waals surface area contributed by atoms with Gasteiger partial charge in [-0.1, -0.05) is 0 Å². The second-order valence-electron chi connectivity index (χ2n) is 4.21. The fourth-order valence-corrected chi connectivity index (χ4v) is 1.97. The predicted molar refractivity (Wildman–Crippen MR) is 63.9 cm³/mol. The monoisotopic (exact) mass is 289 g/mol. The zero-order chi connectivity index (χ0) is 14.9. The van der Waals surface area contributed by atoms with Crippen LogP contribution in [0.1, 0.15) is 11.8 Å². The molecule has 1 aliphatic rings. The molecule has 1 fully saturated rings. The van der Waals surface area contributed by atoms with Gasteiger partial charge in [-0.25, -0.2) is 13.6 Å². The molecule has 0 aromatic carbocycles. The number of nitrogens with two attached hydrogens (primary N) is 1. The molecule has 1 aliphatic heterocycles. The van der Waals surface area contributed by atoms with Gasteiger partial charge in [0, 0.05) is 17.3 Å². The standard InChI is InChI=1S/C11H13F2N3O4/c12-1-6-7(4-18)20-10(8(6)13)16-2-5(3-17)9(14)15-11(16)19/h1-2,7-8,10,17-18H,3-4H2,(H2,14,15,19). The molecule has 110 valence electrons. The Morgan fingerprint density at radius 3 is 2.75 bits per heavy atom. The van der Waals surface area contributed by atoms with Crippen LogP contribution in [0, 0.1) is 0 Å². The average Bonchev–Trinajstić information content (AvgIpc) is 2.75. The molecule has 3 unspecified atom stereocenters. The minimum Gasteiger partial charge on any atom is -0.393 e. The summed E-state index contributed by atoms with van der Waals surface area (Å²) in [5.41, 5.74) is 4.23. The van der Waals surface area contributed by atoms with Crippen LogP contribution in [0.4, 0.5) is 14.6 Å². The van der Waals surface area contributed by atoms with Crippen LogP contribution in [-0.2, 0) is 11.3 Å². The third-order valence-corrected chi connectivity index (χ3v) is 3.04. The highest BCUT2D eigenvalue weighted by Crippen LogP contribution is 2.35. The topological polar surface area (TPSA) is 111 Å². The number of hydrogen-bond acceptors (Lipinski definition) is 6. The van der Waals surface area contributed by atoms with Crippen molar-refractivity contribution in [1.29, 1.82) is 0 Å². The van der Waals surface area contributed by atoms with Gasteiger partial charge in [0.15, 0.2) is 12.4 Å². The number of anilines is 1. The van der Waals surface area contributed by atoms with Crippen LogP contribution in [0.3, 0.4) is 0 Å². The Kier molecular flexibility index (Phi) is 4.12. The summed E-state index contributed by atoms with van der Waals surface area (Å²) in [6.45, 7) is -1.13. The minimum absolute atomic E-state index is 0.00821. The van der Waals surface area contributed by atoms with Crippen LogP contribution in [0.2, 0.25) is 0 Å². The van der Waals surface area contributed by atoms with Crippen LogP contribution < -0.4 is 11.4 Å². The maximum Gasteiger partial charge on any atom is 0.351 e. The maximum absolute atomic E-state index is 14.1. The van der Waals surface area contributed by atoms with Crippen molar-refractivity contribution in [3.8, 4) is 0 Å². The van der Waals surface area contributed by atoms with Crippen LogP contribution in [0.5, 0.6) is 0 Å². The Morgan fingerprint density at radius 1 is 1.55 bits per heavy atom. The number of aliphatic hydroxyl groups excluding tert-OH is 2. The third kappa shape index (κ3) is 2.30. The highest BCUT2D eigenvalue weighted by Gasteiger charge is 2.42. The van der Waals surface area contributed by atoms with E-state index in [2.05, 4.69) is 4.98 Å². The van der Waals surface area contributed by atoms with Crippen LogP contribution in [0.15, 0.2) is 22.9 Å². The molecule has 0 amide bonds. The smallest absolute Gasteiger partial charge is 0.351 e. The van der Waals surface area contributed by atoms with E-state index in [4.69, 9.17) is 20.7 Å². The molecule has 9 heteroatoms. The van der Waals surface area contributed by atoms with E-state index >= 15 is 0 Å². The Labute approximate surface area is 111 Å². The molecule has 3 atom stereocenters. The molecular formula is C11H13F2N3O4. The van der Waals surface area contributed by atoms with Gasteiger partial charge in [0.05, 0.1) is 19.5 Å². The zero-order valence-corrected chi connectivity index (χ0v) is 10.2. The molecule has 2 heterocycles. The van der Waals surface area contributed by atoms with E-state index in [1.807, 2.05) is 0 Å². The van der Waals surface area contributed by atoms with Crippen LogP contribution >= 0.6 is 0 Å². The summed E-state index contributed by atoms with van der Waals surface area (Å²) in [7, 11) is 0. The fraction of sp³-hybridized carbons (Fsp3) is 0.455. The molecular weight excluding hydrogens is 276 g/mol. The lowest BCUT2D eigenvalue weighted by atomic mass is 10.1. The number of nitrogens with zero attached hydrogens (tertiary/aromatic N) is 2. The Balaban J connectivity index is 2.45. The van der Waals surface area contributed by atoms with E-state index in [0.717, 1.165) is 10.8 Å². The largest absolute Gasteiger partial charge is 0.393 e. The lowest BCUT2D eigenvalue weighted by molar-refractivity contribution is -0.0377. The first-order valence-electron chi connectivity index (χ1n) is 5.72. The lowest BCUT2D eigenvalue weighted by Crippen LogP contribution is -2.32. The molecule has 4 N–H and O–H groups in total. The second kappa shape index (κ2) is 5.65. The number of hydrogen-bond donors (Lipinski definition) is 3. The summed E-state index contributed by atoms with van der Waals surface area (Å²) >= 11 is 0. The molecule has 7 nitrogen and oxygen atoms in total. The van der Waals surface area contributed by atoms with Crippen molar-refractivity contribution in [2.24, 2.45) is 0 Å². The van der Waals surface area contributed by atoms with E-state index in [1.165, 1.54) is 0 Å². The van der Waals surface area contributed by atoms with Gasteiger partial charge in [0.1, 0.15) is 11.9 Å². The molecule has 20 heavy (non-hydrogen) atoms. The SMILES string of the molecule is Nc1nc(=O)n(C2OC(CO)C(=CF)C2F)cc1CO. The van der Waals surface area contributed by atoms with Crippen molar-refractivity contribution in [1.82, 2.24) is 9.55 Å². The van der Waals surface area contributed by atoms with Crippen molar-refractivity contribution >= 4 is 5.82 Å². The molecule has 0 spiro atoms. The first-order chi connectivity index (χ1) is 9.53. The van der Waals surface area contributed by atoms with Gasteiger partial charge in [-0.15, -0.1) is 0 Å². The minimum atomic E-state index is -1.95. The van der Waals surface area contributed by atoms with Crippen LogP contribution in [0.25, 0.3) is 0 Å². The van der Waals surface area contributed by atoms with E-state index in [9.17, 15) is 13.6 Å². The van der Waals surface area contributed by atoms with E-state index in [-0.39, 0.29) is 17.7 Å². The van der Waals surface area contributed by atoms with Gasteiger partial charge >= 0.3 is 5.69 Å². The van der Waals surface area contributed by atoms with E-state index in [1.54, 1.807) is 0 Å². The van der Waals surface area contributed by atoms with E-state index < -0.39 is 43.0 Å². The van der Waals surface area contributed by atoms with Gasteiger partial charge in [0.2, 0.25) is 0 Å². The van der Waals surface area contributed by atoms with Gasteiger partial charge in [-0.3, -0.25) is 4.57 Å². The van der Waals surface area contributed by atoms with Crippen LogP contribution in [-0.4, -0.2) is 38.6 Å². The quantitative estimate of drug-likeness (QED) is 0.685. The lowest BCUT2D eigenvalue weighted by Gasteiger charge is -2.16. The summed E-state index contributed by atoms with van der Waals surface area (Å²) in [4.78, 5) is 15.1. The third-order valence-electron chi connectivity index (χ3n) is 3.04. The van der Waals surface area contributed by atoms with Crippen molar-refractivity contribution in [2.75, 3.05) is 12.3 Å². The molecule has 1 aromatic heterocycles. The highest BCUT2D eigenvalue weighted by atomic mass is 19.1. The number of ether oxygens (including phenoxy) is 1. The predicted octanol–water partition coefficient (Wildman–Crippen LogP) is -0.601. The number of halogens is 2. The Morgan fingerprint density at radius 2 is 2.25 bits per heavy atom. The van der Waals surface area contributed by atoms with E-state index in [0.29, 0.717) is 0 Å². The van der Waals surface area contributed by atoms with Gasteiger partial charge in [-0.2, -0.15) is 4.98 Å². The highest BCUT2D eigenvalue weighted by molar-refractivity contribution is 5.36. The van der Waals surface area contributed by atoms with Gasteiger partial charge in [0.25, 0.3) is 0 Å². The molecule has 0 aliphatic carbocycles. The van der Waals surface area contributed by atoms with Crippen molar-refractivity contribution in [3.63, 3.8) is 0 Å². The first-order valence-corrected chi connectivity index (χ1v) is 5.72. The average molecular weight is 289 g/mol. The molecule has 1 aromatic rings. The Hall–Kier alpha value is -1.84. The zero-order valence-electron chi connectivity index (χ0n) is 10.2. The number of nitrogen functional groups attached to an aromatic ring is 1. The number of aromatic nitrogens is 2. The summed E-state index contributed by atoms with van der Waals surface area (Å²) in [5.74, 6) is -0.179. The molecule has 2 rings (SSSR count). The molecule has 0 saturated carbocycles. The van der Waals surface area contributed by atoms with Crippen molar-refractivity contribution < 1.29 is 23.7 Å². The number of aliphatic hydroxyl groups is 2. The second-order valence-corrected chi connectivity index (χ2v) is 4.21. The molecule has 0 radical (unpaired) electrons. The first kappa shape index (κ1) is 14.6. The Bertz CT molecular complexity index is 590. The van der Waals surface area contributed by atoms with Gasteiger partial charge < -0.3 is 20.7 Å².